The molecule has 1 aliphatic heterocycles. The van der Waals surface area contributed by atoms with E-state index in [4.69, 9.17) is 12.2 Å². The fourth-order valence-electron chi connectivity index (χ4n) is 2.86. The van der Waals surface area contributed by atoms with Crippen LogP contribution in [0.15, 0.2) is 54.6 Å². The van der Waals surface area contributed by atoms with Crippen molar-refractivity contribution < 1.29 is 18.6 Å². The Labute approximate surface area is 151 Å². The molecule has 1 saturated heterocycles. The summed E-state index contributed by atoms with van der Waals surface area (Å²) in [7, 11) is -3.36. The molecule has 0 spiro atoms. The summed E-state index contributed by atoms with van der Waals surface area (Å²) in [6, 6.07) is 14.8. The second-order valence-corrected chi connectivity index (χ2v) is 8.44. The normalized spacial score (nSPS) is 21.6. The Bertz CT molecular complexity index is 871. The third kappa shape index (κ3) is 4.09. The summed E-state index contributed by atoms with van der Waals surface area (Å²) in [5.74, 6) is -0.484. The van der Waals surface area contributed by atoms with E-state index in [-0.39, 0.29) is 22.4 Å². The van der Waals surface area contributed by atoms with E-state index in [0.717, 1.165) is 5.69 Å². The first kappa shape index (κ1) is 17.7. The van der Waals surface area contributed by atoms with Crippen LogP contribution in [0, 0.1) is 0 Å². The lowest BCUT2D eigenvalue weighted by atomic mass is 10.1. The quantitative estimate of drug-likeness (QED) is 0.701. The van der Waals surface area contributed by atoms with Gasteiger partial charge in [-0.3, -0.25) is 0 Å². The summed E-state index contributed by atoms with van der Waals surface area (Å²) in [6.07, 6.45) is -1.07. The number of sulfone groups is 1. The van der Waals surface area contributed by atoms with Gasteiger partial charge in [0.05, 0.1) is 23.7 Å². The van der Waals surface area contributed by atoms with Crippen LogP contribution < -0.4 is 10.2 Å². The largest absolute Gasteiger partial charge is 0.508 e. The summed E-state index contributed by atoms with van der Waals surface area (Å²) in [4.78, 5) is 1.55. The van der Waals surface area contributed by atoms with E-state index >= 15 is 0 Å². The van der Waals surface area contributed by atoms with E-state index < -0.39 is 22.0 Å². The van der Waals surface area contributed by atoms with Crippen molar-refractivity contribution in [1.82, 2.24) is 0 Å². The van der Waals surface area contributed by atoms with Gasteiger partial charge in [-0.05, 0) is 36.5 Å². The van der Waals surface area contributed by atoms with Crippen LogP contribution in [-0.2, 0) is 9.84 Å². The van der Waals surface area contributed by atoms with Gasteiger partial charge in [-0.15, -0.1) is 0 Å². The number of phenolic OH excluding ortho intramolecular Hbond substituents is 1. The highest BCUT2D eigenvalue weighted by Gasteiger charge is 2.41. The Balaban J connectivity index is 1.96. The minimum Gasteiger partial charge on any atom is -0.508 e. The smallest absolute Gasteiger partial charge is 0.178 e. The zero-order chi connectivity index (χ0) is 18.0. The van der Waals surface area contributed by atoms with Crippen LogP contribution in [0.5, 0.6) is 5.75 Å². The van der Waals surface area contributed by atoms with E-state index in [0.29, 0.717) is 5.69 Å². The zero-order valence-electron chi connectivity index (χ0n) is 13.2. The second-order valence-electron chi connectivity index (χ2n) is 5.90. The standard InChI is InChI=1S/C17H18N2O4S2/c20-14-8-4-7-13(9-14)19(15-10-25(22,23)11-16(15)21)17(24)18-12-5-2-1-3-6-12/h1-9,15-16,20-21H,10-11H2,(H,18,24)/t15-,16+/m1/s1. The number of hydrogen-bond acceptors (Lipinski definition) is 5. The lowest BCUT2D eigenvalue weighted by molar-refractivity contribution is 0.184. The highest BCUT2D eigenvalue weighted by atomic mass is 32.2. The summed E-state index contributed by atoms with van der Waals surface area (Å²) < 4.78 is 23.9. The maximum absolute atomic E-state index is 11.9. The van der Waals surface area contributed by atoms with Crippen molar-refractivity contribution in [2.45, 2.75) is 12.1 Å². The summed E-state index contributed by atoms with van der Waals surface area (Å²) in [5, 5.41) is 23.3. The van der Waals surface area contributed by atoms with Gasteiger partial charge in [-0.25, -0.2) is 8.42 Å². The molecule has 1 aliphatic rings. The average molecular weight is 378 g/mol. The van der Waals surface area contributed by atoms with E-state index in [1.807, 2.05) is 30.3 Å². The lowest BCUT2D eigenvalue weighted by Gasteiger charge is -2.32. The first-order valence-corrected chi connectivity index (χ1v) is 9.91. The molecular weight excluding hydrogens is 360 g/mol. The minimum absolute atomic E-state index is 0.0281. The van der Waals surface area contributed by atoms with Gasteiger partial charge in [-0.1, -0.05) is 24.3 Å². The van der Waals surface area contributed by atoms with Crippen LogP contribution in [0.1, 0.15) is 0 Å². The van der Waals surface area contributed by atoms with Crippen molar-refractivity contribution in [2.24, 2.45) is 0 Å². The zero-order valence-corrected chi connectivity index (χ0v) is 14.9. The molecule has 1 fully saturated rings. The number of hydrogen-bond donors (Lipinski definition) is 3. The highest BCUT2D eigenvalue weighted by Crippen LogP contribution is 2.28. The molecule has 0 bridgehead atoms. The number of anilines is 2. The Hall–Kier alpha value is -2.16. The molecule has 0 unspecified atom stereocenters. The number of phenols is 1. The van der Waals surface area contributed by atoms with Gasteiger partial charge in [0.15, 0.2) is 14.9 Å². The van der Waals surface area contributed by atoms with Crippen LogP contribution in [-0.4, -0.2) is 47.4 Å². The summed E-state index contributed by atoms with van der Waals surface area (Å²) in [5.41, 5.74) is 1.25. The molecule has 0 radical (unpaired) electrons. The first-order chi connectivity index (χ1) is 11.9. The van der Waals surface area contributed by atoms with Gasteiger partial charge >= 0.3 is 0 Å². The number of para-hydroxylation sites is 1. The van der Waals surface area contributed by atoms with Crippen molar-refractivity contribution in [3.63, 3.8) is 0 Å². The Morgan fingerprint density at radius 1 is 1.12 bits per heavy atom. The molecule has 2 aromatic rings. The topological polar surface area (TPSA) is 89.9 Å². The second kappa shape index (κ2) is 6.99. The van der Waals surface area contributed by atoms with Crippen molar-refractivity contribution in [3.05, 3.63) is 54.6 Å². The van der Waals surface area contributed by atoms with E-state index in [9.17, 15) is 18.6 Å². The molecule has 25 heavy (non-hydrogen) atoms. The molecule has 0 amide bonds. The molecule has 3 N–H and O–H groups in total. The number of nitrogens with one attached hydrogen (secondary N) is 1. The van der Waals surface area contributed by atoms with Crippen molar-refractivity contribution in [3.8, 4) is 5.75 Å². The lowest BCUT2D eigenvalue weighted by Crippen LogP contribution is -2.48. The van der Waals surface area contributed by atoms with E-state index in [1.165, 1.54) is 12.1 Å². The van der Waals surface area contributed by atoms with Crippen LogP contribution in [0.25, 0.3) is 0 Å². The van der Waals surface area contributed by atoms with Gasteiger partial charge in [0, 0.05) is 17.4 Å². The predicted octanol–water partition coefficient (Wildman–Crippen LogP) is 1.75. The van der Waals surface area contributed by atoms with Crippen LogP contribution in [0.2, 0.25) is 0 Å². The number of aromatic hydroxyl groups is 1. The molecule has 2 atom stereocenters. The molecule has 8 heteroatoms. The van der Waals surface area contributed by atoms with Gasteiger partial charge < -0.3 is 20.4 Å². The molecule has 0 aromatic heterocycles. The Morgan fingerprint density at radius 3 is 2.44 bits per heavy atom. The maximum atomic E-state index is 11.9. The van der Waals surface area contributed by atoms with Crippen LogP contribution in [0.4, 0.5) is 11.4 Å². The fraction of sp³-hybridized carbons (Fsp3) is 0.235. The number of aliphatic hydroxyl groups excluding tert-OH is 1. The van der Waals surface area contributed by atoms with Crippen molar-refractivity contribution in [1.29, 1.82) is 0 Å². The molecule has 1 heterocycles. The Morgan fingerprint density at radius 2 is 1.84 bits per heavy atom. The van der Waals surface area contributed by atoms with Crippen LogP contribution >= 0.6 is 12.2 Å². The molecule has 0 aliphatic carbocycles. The van der Waals surface area contributed by atoms with Gasteiger partial charge in [-0.2, -0.15) is 0 Å². The third-order valence-electron chi connectivity index (χ3n) is 3.98. The average Bonchev–Trinajstić information content (AvgIpc) is 2.81. The number of thiocarbonyl (C=S) groups is 1. The highest BCUT2D eigenvalue weighted by molar-refractivity contribution is 7.91. The minimum atomic E-state index is -3.36. The number of rotatable bonds is 3. The summed E-state index contributed by atoms with van der Waals surface area (Å²) in [6.45, 7) is 0. The van der Waals surface area contributed by atoms with Gasteiger partial charge in [0.2, 0.25) is 0 Å². The molecular formula is C17H18N2O4S2. The van der Waals surface area contributed by atoms with Gasteiger partial charge in [0.1, 0.15) is 5.75 Å². The predicted molar refractivity (Wildman–Crippen MR) is 102 cm³/mol. The molecule has 3 rings (SSSR count). The fourth-order valence-corrected chi connectivity index (χ4v) is 4.99. The first-order valence-electron chi connectivity index (χ1n) is 7.68. The number of nitrogens with zero attached hydrogens (tertiary/aromatic N) is 1. The third-order valence-corrected chi connectivity index (χ3v) is 5.97. The van der Waals surface area contributed by atoms with Crippen molar-refractivity contribution >= 4 is 38.5 Å². The maximum Gasteiger partial charge on any atom is 0.178 e. The molecule has 0 saturated carbocycles. The Kier molecular flexibility index (Phi) is 4.94. The SMILES string of the molecule is O=S1(=O)C[C@@H](N(C(=S)Nc2ccccc2)c2cccc(O)c2)[C@@H](O)C1. The molecule has 6 nitrogen and oxygen atoms in total. The van der Waals surface area contributed by atoms with Gasteiger partial charge in [0.25, 0.3) is 0 Å². The summed E-state index contributed by atoms with van der Waals surface area (Å²) >= 11 is 5.47. The molecule has 2 aromatic carbocycles. The molecule has 132 valence electrons. The number of aliphatic hydroxyl groups is 1. The van der Waals surface area contributed by atoms with Crippen LogP contribution in [0.3, 0.4) is 0 Å². The van der Waals surface area contributed by atoms with E-state index in [1.54, 1.807) is 17.0 Å². The van der Waals surface area contributed by atoms with E-state index in [2.05, 4.69) is 5.32 Å². The van der Waals surface area contributed by atoms with Crippen molar-refractivity contribution in [2.75, 3.05) is 21.7 Å². The monoisotopic (exact) mass is 378 g/mol. The number of benzene rings is 2.